The zero-order valence-electron chi connectivity index (χ0n) is 18.8. The van der Waals surface area contributed by atoms with Crippen LogP contribution in [0.3, 0.4) is 0 Å². The van der Waals surface area contributed by atoms with E-state index >= 15 is 0 Å². The normalized spacial score (nSPS) is 16.5. The van der Waals surface area contributed by atoms with E-state index in [-0.39, 0.29) is 28.2 Å². The lowest BCUT2D eigenvalue weighted by Gasteiger charge is -2.25. The third-order valence-corrected chi connectivity index (χ3v) is 7.50. The molecule has 0 amide bonds. The fourth-order valence-electron chi connectivity index (χ4n) is 3.84. The Balaban J connectivity index is 1.73. The summed E-state index contributed by atoms with van der Waals surface area (Å²) < 4.78 is 71.2. The molecule has 0 saturated heterocycles. The number of aromatic nitrogens is 2. The summed E-state index contributed by atoms with van der Waals surface area (Å²) >= 11 is 3.46. The number of halogens is 5. The third kappa shape index (κ3) is 5.28. The van der Waals surface area contributed by atoms with E-state index in [1.807, 2.05) is 25.5 Å². The predicted octanol–water partition coefficient (Wildman–Crippen LogP) is 6.99. The van der Waals surface area contributed by atoms with Gasteiger partial charge in [0.2, 0.25) is 0 Å². The second-order valence-corrected chi connectivity index (χ2v) is 11.5. The predicted molar refractivity (Wildman–Crippen MR) is 127 cm³/mol. The summed E-state index contributed by atoms with van der Waals surface area (Å²) in [5, 5.41) is 4.62. The minimum absolute atomic E-state index is 0.203. The van der Waals surface area contributed by atoms with Crippen LogP contribution in [0, 0.1) is 11.7 Å². The molecule has 4 nitrogen and oxygen atoms in total. The lowest BCUT2D eigenvalue weighted by molar-refractivity contribution is -0.137. The van der Waals surface area contributed by atoms with E-state index in [2.05, 4.69) is 25.8 Å². The van der Waals surface area contributed by atoms with E-state index in [0.29, 0.717) is 4.47 Å². The molecule has 2 atom stereocenters. The van der Waals surface area contributed by atoms with Gasteiger partial charge in [-0.15, -0.1) is 0 Å². The zero-order valence-corrected chi connectivity index (χ0v) is 21.2. The van der Waals surface area contributed by atoms with E-state index in [1.165, 1.54) is 24.3 Å². The van der Waals surface area contributed by atoms with E-state index in [0.717, 1.165) is 41.8 Å². The number of nitrogens with zero attached hydrogens (tertiary/aromatic N) is 2. The van der Waals surface area contributed by atoms with Crippen LogP contribution >= 0.6 is 15.9 Å². The summed E-state index contributed by atoms with van der Waals surface area (Å²) in [5.41, 5.74) is 1.15. The SMILES string of the molecule is CC(C)(C)n1ncc(C(NS(=O)c2ccc(C(F)(F)F)cc2)C2CC2)c1-c1ccc(F)cc1Br. The molecule has 10 heteroatoms. The molecule has 4 rings (SSSR count). The molecule has 1 fully saturated rings. The summed E-state index contributed by atoms with van der Waals surface area (Å²) in [4.78, 5) is 0.256. The Morgan fingerprint density at radius 1 is 1.12 bits per heavy atom. The highest BCUT2D eigenvalue weighted by Crippen LogP contribution is 2.46. The molecule has 0 radical (unpaired) electrons. The van der Waals surface area contributed by atoms with E-state index in [9.17, 15) is 21.8 Å². The fourth-order valence-corrected chi connectivity index (χ4v) is 5.45. The van der Waals surface area contributed by atoms with Gasteiger partial charge in [0, 0.05) is 15.6 Å². The van der Waals surface area contributed by atoms with Crippen molar-refractivity contribution in [2.24, 2.45) is 5.92 Å². The molecule has 182 valence electrons. The van der Waals surface area contributed by atoms with Crippen LogP contribution in [0.25, 0.3) is 11.3 Å². The number of nitrogens with one attached hydrogen (secondary N) is 1. The molecule has 1 N–H and O–H groups in total. The van der Waals surface area contributed by atoms with Crippen LogP contribution in [-0.4, -0.2) is 14.0 Å². The second-order valence-electron chi connectivity index (χ2n) is 9.38. The van der Waals surface area contributed by atoms with E-state index < -0.39 is 22.7 Å². The maximum atomic E-state index is 13.8. The number of benzene rings is 2. The minimum atomic E-state index is -4.46. The summed E-state index contributed by atoms with van der Waals surface area (Å²) in [5.74, 6) is -0.173. The van der Waals surface area contributed by atoms with Crippen molar-refractivity contribution in [1.29, 1.82) is 0 Å². The molecule has 1 heterocycles. The summed E-state index contributed by atoms with van der Waals surface area (Å²) in [6.07, 6.45) is -0.876. The Morgan fingerprint density at radius 3 is 2.29 bits per heavy atom. The summed E-state index contributed by atoms with van der Waals surface area (Å²) in [7, 11) is -1.74. The Morgan fingerprint density at radius 2 is 1.76 bits per heavy atom. The van der Waals surface area contributed by atoms with Gasteiger partial charge in [0.05, 0.1) is 33.9 Å². The molecule has 1 aliphatic rings. The first-order chi connectivity index (χ1) is 15.9. The van der Waals surface area contributed by atoms with E-state index in [4.69, 9.17) is 0 Å². The van der Waals surface area contributed by atoms with Crippen LogP contribution in [-0.2, 0) is 22.7 Å². The highest BCUT2D eigenvalue weighted by molar-refractivity contribution is 9.10. The molecule has 1 aliphatic carbocycles. The second kappa shape index (κ2) is 9.20. The van der Waals surface area contributed by atoms with Gasteiger partial charge in [0.25, 0.3) is 0 Å². The van der Waals surface area contributed by atoms with Gasteiger partial charge in [-0.25, -0.2) is 13.3 Å². The van der Waals surface area contributed by atoms with Crippen molar-refractivity contribution in [3.63, 3.8) is 0 Å². The van der Waals surface area contributed by atoms with Crippen LogP contribution in [0.5, 0.6) is 0 Å². The monoisotopic (exact) mass is 557 g/mol. The Bertz CT molecular complexity index is 1210. The maximum Gasteiger partial charge on any atom is 0.416 e. The molecule has 3 aromatic rings. The quantitative estimate of drug-likeness (QED) is 0.332. The van der Waals surface area contributed by atoms with Gasteiger partial charge in [-0.3, -0.25) is 4.68 Å². The van der Waals surface area contributed by atoms with Gasteiger partial charge in [-0.2, -0.15) is 18.3 Å². The largest absolute Gasteiger partial charge is 0.416 e. The van der Waals surface area contributed by atoms with Gasteiger partial charge in [-0.1, -0.05) is 0 Å². The Kier molecular flexibility index (Phi) is 6.78. The van der Waals surface area contributed by atoms with Crippen LogP contribution in [0.1, 0.15) is 50.8 Å². The van der Waals surface area contributed by atoms with Gasteiger partial charge >= 0.3 is 6.18 Å². The Hall–Kier alpha value is -2.04. The van der Waals surface area contributed by atoms with Gasteiger partial charge in [-0.05, 0) is 97.9 Å². The average molecular weight is 558 g/mol. The van der Waals surface area contributed by atoms with Crippen LogP contribution in [0.15, 0.2) is 58.0 Å². The van der Waals surface area contributed by atoms with Crippen molar-refractivity contribution in [2.75, 3.05) is 0 Å². The number of rotatable bonds is 6. The first kappa shape index (κ1) is 25.1. The zero-order chi connectivity index (χ0) is 24.8. The summed E-state index contributed by atoms with van der Waals surface area (Å²) in [6.45, 7) is 6.01. The maximum absolute atomic E-state index is 13.8. The van der Waals surface area contributed by atoms with Crippen LogP contribution in [0.2, 0.25) is 0 Å². The highest BCUT2D eigenvalue weighted by Gasteiger charge is 2.38. The smallest absolute Gasteiger partial charge is 0.259 e. The molecule has 1 saturated carbocycles. The molecular weight excluding hydrogens is 534 g/mol. The number of hydrogen-bond acceptors (Lipinski definition) is 2. The molecule has 0 bridgehead atoms. The fraction of sp³-hybridized carbons (Fsp3) is 0.375. The molecule has 0 spiro atoms. The molecule has 1 aromatic heterocycles. The van der Waals surface area contributed by atoms with Crippen LogP contribution < -0.4 is 4.72 Å². The average Bonchev–Trinajstić information content (AvgIpc) is 3.48. The Labute approximate surface area is 206 Å². The molecule has 2 aromatic carbocycles. The minimum Gasteiger partial charge on any atom is -0.259 e. The lowest BCUT2D eigenvalue weighted by Crippen LogP contribution is -2.27. The van der Waals surface area contributed by atoms with Gasteiger partial charge in [0.1, 0.15) is 16.8 Å². The standard InChI is InChI=1S/C24H24BrF4N3OS/c1-23(2,3)32-22(18-11-8-16(26)12-20(18)25)19(13-30-32)21(14-4-5-14)31-34(33)17-9-6-15(7-10-17)24(27,28)29/h6-14,21,31H,4-5H2,1-3H3. The number of alkyl halides is 3. The van der Waals surface area contributed by atoms with Gasteiger partial charge < -0.3 is 0 Å². The first-order valence-corrected chi connectivity index (χ1v) is 12.7. The van der Waals surface area contributed by atoms with Crippen LogP contribution in [0.4, 0.5) is 17.6 Å². The van der Waals surface area contributed by atoms with E-state index in [1.54, 1.807) is 12.3 Å². The lowest BCUT2D eigenvalue weighted by atomic mass is 9.98. The topological polar surface area (TPSA) is 46.9 Å². The van der Waals surface area contributed by atoms with Crippen molar-refractivity contribution in [3.8, 4) is 11.3 Å². The molecule has 0 aliphatic heterocycles. The molecular formula is C24H24BrF4N3OS. The van der Waals surface area contributed by atoms with Crippen molar-refractivity contribution in [3.05, 3.63) is 70.1 Å². The summed E-state index contributed by atoms with van der Waals surface area (Å²) in [6, 6.07) is 8.42. The van der Waals surface area contributed by atoms with Crippen molar-refractivity contribution >= 4 is 26.9 Å². The molecule has 34 heavy (non-hydrogen) atoms. The van der Waals surface area contributed by atoms with Crippen molar-refractivity contribution < 1.29 is 21.8 Å². The van der Waals surface area contributed by atoms with Crippen molar-refractivity contribution in [1.82, 2.24) is 14.5 Å². The number of hydrogen-bond donors (Lipinski definition) is 1. The highest BCUT2D eigenvalue weighted by atomic mass is 79.9. The first-order valence-electron chi connectivity index (χ1n) is 10.8. The third-order valence-electron chi connectivity index (χ3n) is 5.68. The van der Waals surface area contributed by atoms with Gasteiger partial charge in [0.15, 0.2) is 0 Å². The molecule has 2 unspecified atom stereocenters. The van der Waals surface area contributed by atoms with Crippen molar-refractivity contribution in [2.45, 2.75) is 56.3 Å².